The van der Waals surface area contributed by atoms with E-state index in [0.29, 0.717) is 57.9 Å². The highest BCUT2D eigenvalue weighted by Gasteiger charge is 2.28. The number of fused-ring (bicyclic) bond motifs is 1. The first kappa shape index (κ1) is 25.3. The van der Waals surface area contributed by atoms with Crippen LogP contribution in [0.3, 0.4) is 0 Å². The van der Waals surface area contributed by atoms with Crippen LogP contribution in [0, 0.1) is 0 Å². The van der Waals surface area contributed by atoms with Gasteiger partial charge in [0.2, 0.25) is 10.0 Å². The number of carbonyl (C=O) groups excluding carboxylic acids is 1. The Bertz CT molecular complexity index is 898. The van der Waals surface area contributed by atoms with Gasteiger partial charge in [0.15, 0.2) is 0 Å². The van der Waals surface area contributed by atoms with Crippen molar-refractivity contribution in [3.8, 4) is 11.5 Å². The molecule has 1 aromatic rings. The van der Waals surface area contributed by atoms with Crippen LogP contribution < -0.4 is 14.8 Å². The lowest BCUT2D eigenvalue weighted by molar-refractivity contribution is 0.0831. The highest BCUT2D eigenvalue weighted by molar-refractivity contribution is 7.89. The minimum atomic E-state index is -3.79. The zero-order valence-electron chi connectivity index (χ0n) is 19.2. The molecule has 1 atom stereocenters. The molecule has 0 aromatic heterocycles. The van der Waals surface area contributed by atoms with Gasteiger partial charge < -0.3 is 24.3 Å². The number of benzene rings is 1. The Kier molecular flexibility index (Phi) is 9.83. The zero-order chi connectivity index (χ0) is 23.5. The number of rotatable bonds is 6. The van der Waals surface area contributed by atoms with Crippen LogP contribution in [0.2, 0.25) is 0 Å². The summed E-state index contributed by atoms with van der Waals surface area (Å²) < 4.78 is 50.1. The molecule has 2 aliphatic rings. The van der Waals surface area contributed by atoms with Gasteiger partial charge in [0.25, 0.3) is 0 Å². The fourth-order valence-corrected chi connectivity index (χ4v) is 5.33. The van der Waals surface area contributed by atoms with Crippen molar-refractivity contribution in [2.75, 3.05) is 46.6 Å². The Balaban J connectivity index is 1.67. The van der Waals surface area contributed by atoms with Crippen LogP contribution in [0.5, 0.6) is 11.5 Å². The molecule has 0 spiro atoms. The van der Waals surface area contributed by atoms with Crippen LogP contribution >= 0.6 is 0 Å². The van der Waals surface area contributed by atoms with E-state index in [1.165, 1.54) is 17.5 Å². The lowest BCUT2D eigenvalue weighted by Gasteiger charge is -2.24. The van der Waals surface area contributed by atoms with Crippen LogP contribution in [-0.2, 0) is 19.5 Å². The maximum Gasteiger partial charge on any atom is 0.407 e. The molecule has 0 aliphatic carbocycles. The fourth-order valence-electron chi connectivity index (χ4n) is 3.70. The molecule has 9 nitrogen and oxygen atoms in total. The highest BCUT2D eigenvalue weighted by Crippen LogP contribution is 2.31. The molecule has 1 saturated heterocycles. The predicted molar refractivity (Wildman–Crippen MR) is 123 cm³/mol. The van der Waals surface area contributed by atoms with Gasteiger partial charge in [-0.05, 0) is 44.2 Å². The Hall–Kier alpha value is -2.30. The first-order valence-electron chi connectivity index (χ1n) is 11.5. The molecule has 1 fully saturated rings. The van der Waals surface area contributed by atoms with E-state index in [1.54, 1.807) is 12.1 Å². The summed E-state index contributed by atoms with van der Waals surface area (Å²) in [5, 5.41) is 2.70. The summed E-state index contributed by atoms with van der Waals surface area (Å²) in [5.41, 5.74) is 0. The Morgan fingerprint density at radius 2 is 2.06 bits per heavy atom. The number of nitrogens with zero attached hydrogens (tertiary/aromatic N) is 1. The Morgan fingerprint density at radius 1 is 1.21 bits per heavy atom. The zero-order valence-corrected chi connectivity index (χ0v) is 20.0. The van der Waals surface area contributed by atoms with E-state index < -0.39 is 16.1 Å². The second kappa shape index (κ2) is 12.8. The number of alkyl carbamates (subject to hydrolysis) is 1. The average Bonchev–Trinajstić information content (AvgIpc) is 3.31. The predicted octanol–water partition coefficient (Wildman–Crippen LogP) is 3.10. The number of methoxy groups -OCH3 is 1. The van der Waals surface area contributed by atoms with Gasteiger partial charge in [-0.15, -0.1) is 0 Å². The van der Waals surface area contributed by atoms with Crippen molar-refractivity contribution in [1.29, 1.82) is 0 Å². The second-order valence-electron chi connectivity index (χ2n) is 7.99. The van der Waals surface area contributed by atoms with Crippen molar-refractivity contribution in [1.82, 2.24) is 9.62 Å². The summed E-state index contributed by atoms with van der Waals surface area (Å²) in [6.45, 7) is 2.37. The molecule has 0 saturated carbocycles. The summed E-state index contributed by atoms with van der Waals surface area (Å²) in [6, 6.07) is 4.77. The van der Waals surface area contributed by atoms with Gasteiger partial charge in [0.1, 0.15) is 22.5 Å². The number of amides is 1. The first-order chi connectivity index (χ1) is 16.0. The van der Waals surface area contributed by atoms with Crippen LogP contribution in [0.4, 0.5) is 4.79 Å². The largest absolute Gasteiger partial charge is 0.497 e. The molecule has 1 unspecified atom stereocenters. The molecule has 184 valence electrons. The standard InChI is InChI=1S/C23H34N2O7S/c1-29-19-9-10-22-21(17-19)31-15-7-5-3-2-4-6-13-25(33(22,27)28)14-8-12-24-23(26)32-20-11-16-30-18-20/h3,5,9-10,17,20H,2,4,6-8,11-16,18H2,1H3,(H,24,26)/b5-3-. The molecule has 1 amide bonds. The quantitative estimate of drug-likeness (QED) is 0.491. The highest BCUT2D eigenvalue weighted by atomic mass is 32.2. The number of carbonyl (C=O) groups is 1. The topological polar surface area (TPSA) is 103 Å². The smallest absolute Gasteiger partial charge is 0.407 e. The molecular formula is C23H34N2O7S. The number of ether oxygens (including phenoxy) is 4. The van der Waals surface area contributed by atoms with E-state index in [9.17, 15) is 13.2 Å². The second-order valence-corrected chi connectivity index (χ2v) is 9.90. The maximum absolute atomic E-state index is 13.5. The lowest BCUT2D eigenvalue weighted by atomic mass is 10.2. The minimum Gasteiger partial charge on any atom is -0.497 e. The molecule has 33 heavy (non-hydrogen) atoms. The first-order valence-corrected chi connectivity index (χ1v) is 12.9. The monoisotopic (exact) mass is 482 g/mol. The summed E-state index contributed by atoms with van der Waals surface area (Å²) in [7, 11) is -2.26. The van der Waals surface area contributed by atoms with E-state index in [-0.39, 0.29) is 23.3 Å². The number of sulfonamides is 1. The van der Waals surface area contributed by atoms with Gasteiger partial charge in [-0.25, -0.2) is 13.2 Å². The van der Waals surface area contributed by atoms with Crippen LogP contribution in [0.1, 0.15) is 38.5 Å². The minimum absolute atomic E-state index is 0.125. The van der Waals surface area contributed by atoms with Crippen LogP contribution in [0.15, 0.2) is 35.2 Å². The third kappa shape index (κ3) is 7.62. The van der Waals surface area contributed by atoms with E-state index >= 15 is 0 Å². The van der Waals surface area contributed by atoms with Gasteiger partial charge in [-0.2, -0.15) is 4.31 Å². The van der Waals surface area contributed by atoms with Crippen molar-refractivity contribution < 1.29 is 32.2 Å². The SMILES string of the molecule is COc1ccc2c(c1)OCC/C=C\CCCCN(CCCNC(=O)OC1CCOC1)S2(=O)=O. The third-order valence-corrected chi connectivity index (χ3v) is 7.46. The maximum atomic E-state index is 13.5. The van der Waals surface area contributed by atoms with Crippen molar-refractivity contribution in [2.45, 2.75) is 49.5 Å². The number of hydrogen-bond acceptors (Lipinski definition) is 7. The molecule has 10 heteroatoms. The third-order valence-electron chi connectivity index (χ3n) is 5.52. The molecule has 1 aromatic carbocycles. The fraction of sp³-hybridized carbons (Fsp3) is 0.609. The van der Waals surface area contributed by atoms with E-state index in [0.717, 1.165) is 19.3 Å². The van der Waals surface area contributed by atoms with Crippen molar-refractivity contribution in [2.24, 2.45) is 0 Å². The molecule has 0 bridgehead atoms. The van der Waals surface area contributed by atoms with Gasteiger partial charge in [0.05, 0.1) is 26.9 Å². The summed E-state index contributed by atoms with van der Waals surface area (Å²) >= 11 is 0. The normalized spacial score (nSPS) is 22.5. The van der Waals surface area contributed by atoms with E-state index in [2.05, 4.69) is 17.5 Å². The molecule has 0 radical (unpaired) electrons. The molecular weight excluding hydrogens is 448 g/mol. The summed E-state index contributed by atoms with van der Waals surface area (Å²) in [6.07, 6.45) is 7.84. The van der Waals surface area contributed by atoms with Crippen LogP contribution in [-0.4, -0.2) is 71.5 Å². The van der Waals surface area contributed by atoms with Crippen molar-refractivity contribution in [3.05, 3.63) is 30.4 Å². The van der Waals surface area contributed by atoms with Crippen molar-refractivity contribution >= 4 is 16.1 Å². The van der Waals surface area contributed by atoms with Gasteiger partial charge >= 0.3 is 6.09 Å². The Labute approximate surface area is 196 Å². The average molecular weight is 483 g/mol. The summed E-state index contributed by atoms with van der Waals surface area (Å²) in [5.74, 6) is 0.818. The molecule has 3 rings (SSSR count). The molecule has 2 aliphatic heterocycles. The van der Waals surface area contributed by atoms with Crippen LogP contribution in [0.25, 0.3) is 0 Å². The summed E-state index contributed by atoms with van der Waals surface area (Å²) in [4.78, 5) is 12.1. The lowest BCUT2D eigenvalue weighted by Crippen LogP contribution is -2.36. The van der Waals surface area contributed by atoms with E-state index in [4.69, 9.17) is 18.9 Å². The van der Waals surface area contributed by atoms with E-state index in [1.807, 2.05) is 0 Å². The number of nitrogens with one attached hydrogen (secondary N) is 1. The van der Waals surface area contributed by atoms with Gasteiger partial charge in [-0.3, -0.25) is 0 Å². The number of allylic oxidation sites excluding steroid dienone is 1. The van der Waals surface area contributed by atoms with Gasteiger partial charge in [-0.1, -0.05) is 12.2 Å². The van der Waals surface area contributed by atoms with Crippen molar-refractivity contribution in [3.63, 3.8) is 0 Å². The van der Waals surface area contributed by atoms with Gasteiger partial charge in [0, 0.05) is 32.1 Å². The number of hydrogen-bond donors (Lipinski definition) is 1. The Morgan fingerprint density at radius 3 is 2.85 bits per heavy atom. The molecule has 1 N–H and O–H groups in total. The molecule has 2 heterocycles.